The lowest BCUT2D eigenvalue weighted by molar-refractivity contribution is -0.0924. The molecule has 0 unspecified atom stereocenters. The molecule has 1 heterocycles. The number of sulfonamides is 1. The maximum Gasteiger partial charge on any atom is 0.238 e. The minimum absolute atomic E-state index is 0.129. The Morgan fingerprint density at radius 3 is 2.61 bits per heavy atom. The molecule has 1 aliphatic rings. The van der Waals surface area contributed by atoms with E-state index in [4.69, 9.17) is 9.88 Å². The largest absolute Gasteiger partial charge is 0.384 e. The summed E-state index contributed by atoms with van der Waals surface area (Å²) in [4.78, 5) is 0.130. The Labute approximate surface area is 107 Å². The zero-order valence-electron chi connectivity index (χ0n) is 10.6. The van der Waals surface area contributed by atoms with Crippen LogP contribution in [0.3, 0.4) is 0 Å². The van der Waals surface area contributed by atoms with Gasteiger partial charge in [0.1, 0.15) is 0 Å². The van der Waals surface area contributed by atoms with Crippen LogP contribution in [0.1, 0.15) is 12.5 Å². The van der Waals surface area contributed by atoms with Gasteiger partial charge in [0.2, 0.25) is 10.0 Å². The zero-order chi connectivity index (χ0) is 13.4. The summed E-state index contributed by atoms with van der Waals surface area (Å²) in [6.07, 6.45) is 0. The normalized spacial score (nSPS) is 18.2. The Morgan fingerprint density at radius 2 is 2.11 bits per heavy atom. The van der Waals surface area contributed by atoms with Gasteiger partial charge in [0, 0.05) is 17.6 Å². The summed E-state index contributed by atoms with van der Waals surface area (Å²) in [5, 5.41) is 8.39. The maximum absolute atomic E-state index is 11.3. The first-order valence-corrected chi connectivity index (χ1v) is 7.30. The van der Waals surface area contributed by atoms with Gasteiger partial charge in [-0.15, -0.1) is 0 Å². The van der Waals surface area contributed by atoms with Crippen molar-refractivity contribution in [2.45, 2.75) is 18.7 Å². The van der Waals surface area contributed by atoms with Gasteiger partial charge in [-0.25, -0.2) is 13.6 Å². The van der Waals surface area contributed by atoms with E-state index in [2.05, 4.69) is 12.2 Å². The van der Waals surface area contributed by atoms with Crippen molar-refractivity contribution in [2.75, 3.05) is 25.1 Å². The molecule has 100 valence electrons. The number of benzene rings is 1. The molecule has 0 spiro atoms. The van der Waals surface area contributed by atoms with Crippen LogP contribution in [-0.2, 0) is 14.8 Å². The smallest absolute Gasteiger partial charge is 0.238 e. The number of nitrogens with two attached hydrogens (primary N) is 1. The van der Waals surface area contributed by atoms with Gasteiger partial charge in [-0.1, -0.05) is 13.0 Å². The molecule has 0 bridgehead atoms. The Kier molecular flexibility index (Phi) is 3.35. The molecule has 0 amide bonds. The number of anilines is 1. The zero-order valence-corrected chi connectivity index (χ0v) is 11.4. The molecule has 1 saturated heterocycles. The highest BCUT2D eigenvalue weighted by molar-refractivity contribution is 7.89. The minimum Gasteiger partial charge on any atom is -0.384 e. The van der Waals surface area contributed by atoms with Gasteiger partial charge in [-0.05, 0) is 24.6 Å². The van der Waals surface area contributed by atoms with Crippen molar-refractivity contribution in [3.05, 3.63) is 23.8 Å². The van der Waals surface area contributed by atoms with Crippen LogP contribution in [0.15, 0.2) is 23.1 Å². The number of primary sulfonamides is 1. The third-order valence-corrected chi connectivity index (χ3v) is 4.06. The van der Waals surface area contributed by atoms with Crippen molar-refractivity contribution >= 4 is 15.7 Å². The van der Waals surface area contributed by atoms with Gasteiger partial charge in [-0.2, -0.15) is 0 Å². The minimum atomic E-state index is -3.65. The molecule has 1 aromatic carbocycles. The average molecular weight is 270 g/mol. The summed E-state index contributed by atoms with van der Waals surface area (Å²) in [5.74, 6) is 0. The first-order valence-electron chi connectivity index (χ1n) is 5.75. The summed E-state index contributed by atoms with van der Waals surface area (Å²) in [7, 11) is -3.65. The van der Waals surface area contributed by atoms with Gasteiger partial charge in [0.25, 0.3) is 0 Å². The fraction of sp³-hybridized carbons (Fsp3) is 0.500. The lowest BCUT2D eigenvalue weighted by Crippen LogP contribution is -2.45. The molecule has 1 aliphatic heterocycles. The van der Waals surface area contributed by atoms with Crippen LogP contribution in [-0.4, -0.2) is 28.2 Å². The van der Waals surface area contributed by atoms with Crippen molar-refractivity contribution in [1.29, 1.82) is 0 Å². The van der Waals surface area contributed by atoms with E-state index in [1.54, 1.807) is 12.1 Å². The van der Waals surface area contributed by atoms with Crippen LogP contribution >= 0.6 is 0 Å². The SMILES string of the molecule is Cc1ccc(S(N)(=O)=O)cc1NCC1(C)COC1. The summed E-state index contributed by atoms with van der Waals surface area (Å²) in [6, 6.07) is 4.85. The van der Waals surface area contributed by atoms with Gasteiger partial charge in [-0.3, -0.25) is 0 Å². The average Bonchev–Trinajstić information content (AvgIpc) is 2.24. The second kappa shape index (κ2) is 4.53. The van der Waals surface area contributed by atoms with E-state index < -0.39 is 10.0 Å². The second-order valence-electron chi connectivity index (χ2n) is 5.18. The molecule has 3 N–H and O–H groups in total. The highest BCUT2D eigenvalue weighted by Gasteiger charge is 2.33. The van der Waals surface area contributed by atoms with Crippen LogP contribution in [0, 0.1) is 12.3 Å². The highest BCUT2D eigenvalue weighted by atomic mass is 32.2. The molecule has 6 heteroatoms. The molecule has 0 atom stereocenters. The molecule has 0 radical (unpaired) electrons. The van der Waals surface area contributed by atoms with E-state index in [-0.39, 0.29) is 10.3 Å². The van der Waals surface area contributed by atoms with Crippen molar-refractivity contribution < 1.29 is 13.2 Å². The number of hydrogen-bond donors (Lipinski definition) is 2. The fourth-order valence-electron chi connectivity index (χ4n) is 1.83. The molecule has 1 fully saturated rings. The van der Waals surface area contributed by atoms with Crippen molar-refractivity contribution in [1.82, 2.24) is 0 Å². The van der Waals surface area contributed by atoms with E-state index in [0.717, 1.165) is 31.0 Å². The van der Waals surface area contributed by atoms with Crippen LogP contribution in [0.25, 0.3) is 0 Å². The van der Waals surface area contributed by atoms with E-state index in [1.807, 2.05) is 6.92 Å². The lowest BCUT2D eigenvalue weighted by atomic mass is 9.88. The first-order chi connectivity index (χ1) is 8.30. The third kappa shape index (κ3) is 2.82. The van der Waals surface area contributed by atoms with Crippen LogP contribution < -0.4 is 10.5 Å². The number of hydrogen-bond acceptors (Lipinski definition) is 4. The van der Waals surface area contributed by atoms with Crippen LogP contribution in [0.5, 0.6) is 0 Å². The van der Waals surface area contributed by atoms with Crippen LogP contribution in [0.4, 0.5) is 5.69 Å². The maximum atomic E-state index is 11.3. The molecule has 18 heavy (non-hydrogen) atoms. The molecule has 1 aromatic rings. The van der Waals surface area contributed by atoms with E-state index in [9.17, 15) is 8.42 Å². The topological polar surface area (TPSA) is 81.4 Å². The van der Waals surface area contributed by atoms with Gasteiger partial charge < -0.3 is 10.1 Å². The number of ether oxygens (including phenoxy) is 1. The molecule has 0 saturated carbocycles. The Bertz CT molecular complexity index is 550. The van der Waals surface area contributed by atoms with Gasteiger partial charge in [0.15, 0.2) is 0 Å². The monoisotopic (exact) mass is 270 g/mol. The summed E-state index contributed by atoms with van der Waals surface area (Å²) in [5.41, 5.74) is 1.92. The molecule has 0 aliphatic carbocycles. The highest BCUT2D eigenvalue weighted by Crippen LogP contribution is 2.28. The quantitative estimate of drug-likeness (QED) is 0.858. The summed E-state index contributed by atoms with van der Waals surface area (Å²) in [6.45, 7) is 6.26. The summed E-state index contributed by atoms with van der Waals surface area (Å²) < 4.78 is 27.8. The van der Waals surface area contributed by atoms with Crippen molar-refractivity contribution in [2.24, 2.45) is 10.6 Å². The second-order valence-corrected chi connectivity index (χ2v) is 6.74. The fourth-order valence-corrected chi connectivity index (χ4v) is 2.37. The lowest BCUT2D eigenvalue weighted by Gasteiger charge is -2.38. The molecular weight excluding hydrogens is 252 g/mol. The van der Waals surface area contributed by atoms with Gasteiger partial charge in [0.05, 0.1) is 18.1 Å². The Balaban J connectivity index is 2.16. The Morgan fingerprint density at radius 1 is 1.44 bits per heavy atom. The Hall–Kier alpha value is -1.11. The number of nitrogens with one attached hydrogen (secondary N) is 1. The third-order valence-electron chi connectivity index (χ3n) is 3.14. The number of rotatable bonds is 4. The van der Waals surface area contributed by atoms with E-state index in [0.29, 0.717) is 0 Å². The van der Waals surface area contributed by atoms with Crippen molar-refractivity contribution in [3.63, 3.8) is 0 Å². The molecule has 5 nitrogen and oxygen atoms in total. The predicted molar refractivity (Wildman–Crippen MR) is 70.0 cm³/mol. The number of aryl methyl sites for hydroxylation is 1. The molecule has 2 rings (SSSR count). The van der Waals surface area contributed by atoms with E-state index in [1.165, 1.54) is 6.07 Å². The molecular formula is C12H18N2O3S. The van der Waals surface area contributed by atoms with Crippen molar-refractivity contribution in [3.8, 4) is 0 Å². The first kappa shape index (κ1) is 13.3. The molecule has 0 aromatic heterocycles. The predicted octanol–water partition coefficient (Wildman–Crippen LogP) is 1.09. The van der Waals surface area contributed by atoms with Gasteiger partial charge >= 0.3 is 0 Å². The standard InChI is InChI=1S/C12H18N2O3S/c1-9-3-4-10(18(13,15)16)5-11(9)14-6-12(2)7-17-8-12/h3-5,14H,6-8H2,1-2H3,(H2,13,15,16). The van der Waals surface area contributed by atoms with Crippen LogP contribution in [0.2, 0.25) is 0 Å². The van der Waals surface area contributed by atoms with E-state index >= 15 is 0 Å². The summed E-state index contributed by atoms with van der Waals surface area (Å²) >= 11 is 0.